The van der Waals surface area contributed by atoms with Gasteiger partial charge in [0, 0.05) is 48.7 Å². The molecule has 2 aliphatic rings. The van der Waals surface area contributed by atoms with Crippen LogP contribution >= 0.6 is 11.6 Å². The van der Waals surface area contributed by atoms with E-state index in [1.165, 1.54) is 16.7 Å². The number of aromatic nitrogens is 3. The smallest absolute Gasteiger partial charge is 0.321 e. The predicted molar refractivity (Wildman–Crippen MR) is 166 cm³/mol. The summed E-state index contributed by atoms with van der Waals surface area (Å²) in [6.45, 7) is 4.25. The highest BCUT2D eigenvalue weighted by Crippen LogP contribution is 2.45. The number of urea groups is 1. The molecular weight excluding hydrogens is 544 g/mol. The maximum absolute atomic E-state index is 13.1. The van der Waals surface area contributed by atoms with Gasteiger partial charge in [-0.25, -0.2) is 9.78 Å². The molecule has 2 aromatic heterocycles. The van der Waals surface area contributed by atoms with Crippen molar-refractivity contribution in [2.45, 2.75) is 45.1 Å². The van der Waals surface area contributed by atoms with Gasteiger partial charge in [-0.15, -0.1) is 0 Å². The Balaban J connectivity index is 1.22. The van der Waals surface area contributed by atoms with E-state index >= 15 is 0 Å². The van der Waals surface area contributed by atoms with Gasteiger partial charge in [0.25, 0.3) is 0 Å². The molecule has 212 valence electrons. The first kappa shape index (κ1) is 27.7. The van der Waals surface area contributed by atoms with Crippen LogP contribution in [0.15, 0.2) is 73.3 Å². The van der Waals surface area contributed by atoms with Crippen LogP contribution in [0.4, 0.5) is 10.5 Å². The molecule has 1 aliphatic heterocycles. The quantitative estimate of drug-likeness (QED) is 0.257. The Morgan fingerprint density at radius 1 is 1.12 bits per heavy atom. The Morgan fingerprint density at radius 3 is 2.67 bits per heavy atom. The first-order valence-corrected chi connectivity index (χ1v) is 14.9. The molecule has 42 heavy (non-hydrogen) atoms. The maximum atomic E-state index is 13.1. The Hall–Kier alpha value is -4.41. The molecule has 7 nitrogen and oxygen atoms in total. The van der Waals surface area contributed by atoms with Crippen LogP contribution < -0.4 is 5.32 Å². The zero-order valence-corrected chi connectivity index (χ0v) is 24.4. The number of fused-ring (bicyclic) bond motifs is 2. The fraction of sp³-hybridized carbons (Fsp3) is 0.294. The van der Waals surface area contributed by atoms with Gasteiger partial charge in [0.15, 0.2) is 0 Å². The van der Waals surface area contributed by atoms with Crippen molar-refractivity contribution in [2.75, 3.05) is 18.4 Å². The molecule has 1 N–H and O–H groups in total. The van der Waals surface area contributed by atoms with Gasteiger partial charge in [0.2, 0.25) is 0 Å². The molecule has 1 aliphatic carbocycles. The number of hydrogen-bond donors (Lipinski definition) is 1. The number of halogens is 1. The molecule has 1 fully saturated rings. The van der Waals surface area contributed by atoms with Crippen molar-refractivity contribution >= 4 is 35.0 Å². The normalized spacial score (nSPS) is 16.5. The van der Waals surface area contributed by atoms with E-state index in [1.807, 2.05) is 36.5 Å². The second-order valence-electron chi connectivity index (χ2n) is 11.2. The minimum atomic E-state index is -0.109. The number of allylic oxidation sites excluding steroid dienone is 1. The number of aryl methyl sites for hydroxylation is 2. The van der Waals surface area contributed by atoms with Crippen LogP contribution in [0.1, 0.15) is 65.2 Å². The average Bonchev–Trinajstić information content (AvgIpc) is 3.37. The van der Waals surface area contributed by atoms with Crippen molar-refractivity contribution < 1.29 is 4.79 Å². The van der Waals surface area contributed by atoms with Gasteiger partial charge < -0.3 is 14.8 Å². The SMILES string of the molecule is Cc1cn(CCCC2=Cc3cc(Cl)ccc3[C@@H](C3CCN(C(=O)Nc4ccc(C#N)cc4)CC3)c3ncccc32)cn1. The minimum Gasteiger partial charge on any atom is -0.337 e. The molecule has 0 radical (unpaired) electrons. The van der Waals surface area contributed by atoms with Gasteiger partial charge >= 0.3 is 6.03 Å². The Labute approximate surface area is 251 Å². The third kappa shape index (κ3) is 5.95. The fourth-order valence-electron chi connectivity index (χ4n) is 6.30. The van der Waals surface area contributed by atoms with Crippen molar-refractivity contribution in [3.63, 3.8) is 0 Å². The number of likely N-dealkylation sites (tertiary alicyclic amines) is 1. The first-order chi connectivity index (χ1) is 20.5. The summed E-state index contributed by atoms with van der Waals surface area (Å²) in [7, 11) is 0. The Kier molecular flexibility index (Phi) is 8.07. The van der Waals surface area contributed by atoms with Crippen molar-refractivity contribution in [2.24, 2.45) is 5.92 Å². The summed E-state index contributed by atoms with van der Waals surface area (Å²) in [6.07, 6.45) is 11.8. The van der Waals surface area contributed by atoms with Crippen molar-refractivity contribution in [1.29, 1.82) is 5.26 Å². The number of nitrogens with zero attached hydrogens (tertiary/aromatic N) is 5. The van der Waals surface area contributed by atoms with Crippen LogP contribution in [0.5, 0.6) is 0 Å². The van der Waals surface area contributed by atoms with E-state index in [9.17, 15) is 4.79 Å². The molecule has 0 saturated carbocycles. The number of rotatable bonds is 6. The molecule has 0 spiro atoms. The standard InChI is InChI=1S/C34H33ClN6O/c1-23-21-40(22-38-23)15-3-4-26-18-27-19-28(35)8-11-30(27)32(33-31(26)5-2-14-37-33)25-12-16-41(17-13-25)34(42)39-29-9-6-24(20-36)7-10-29/h2,5-11,14,18-19,21-22,25,32H,3-4,12-13,15-17H2,1H3,(H,39,42)/t32-/m1/s1. The zero-order chi connectivity index (χ0) is 29.1. The predicted octanol–water partition coefficient (Wildman–Crippen LogP) is 7.52. The number of piperidine rings is 1. The summed E-state index contributed by atoms with van der Waals surface area (Å²) in [5.41, 5.74) is 8.29. The number of benzene rings is 2. The average molecular weight is 577 g/mol. The van der Waals surface area contributed by atoms with Crippen LogP contribution in [-0.4, -0.2) is 38.6 Å². The number of amides is 2. The number of anilines is 1. The number of nitrogens with one attached hydrogen (secondary N) is 1. The van der Waals surface area contributed by atoms with E-state index in [2.05, 4.69) is 51.4 Å². The lowest BCUT2D eigenvalue weighted by Crippen LogP contribution is -2.42. The zero-order valence-electron chi connectivity index (χ0n) is 23.6. The summed E-state index contributed by atoms with van der Waals surface area (Å²) < 4.78 is 2.15. The molecule has 8 heteroatoms. The number of imidazole rings is 1. The monoisotopic (exact) mass is 576 g/mol. The summed E-state index contributed by atoms with van der Waals surface area (Å²) in [6, 6.07) is 19.4. The maximum Gasteiger partial charge on any atom is 0.321 e. The molecule has 3 heterocycles. The van der Waals surface area contributed by atoms with Crippen LogP contribution in [0.3, 0.4) is 0 Å². The van der Waals surface area contributed by atoms with E-state index in [1.54, 1.807) is 24.3 Å². The molecule has 0 unspecified atom stereocenters. The molecule has 6 rings (SSSR count). The highest BCUT2D eigenvalue weighted by Gasteiger charge is 2.35. The van der Waals surface area contributed by atoms with Crippen molar-refractivity contribution in [3.05, 3.63) is 112 Å². The van der Waals surface area contributed by atoms with E-state index in [0.29, 0.717) is 30.3 Å². The van der Waals surface area contributed by atoms with E-state index < -0.39 is 0 Å². The second-order valence-corrected chi connectivity index (χ2v) is 11.6. The molecule has 2 amide bonds. The third-order valence-electron chi connectivity index (χ3n) is 8.38. The van der Waals surface area contributed by atoms with Gasteiger partial charge in [0.05, 0.1) is 29.3 Å². The summed E-state index contributed by atoms with van der Waals surface area (Å²) in [4.78, 5) is 24.3. The topological polar surface area (TPSA) is 86.8 Å². The van der Waals surface area contributed by atoms with Gasteiger partial charge in [-0.2, -0.15) is 5.26 Å². The van der Waals surface area contributed by atoms with E-state index in [0.717, 1.165) is 54.2 Å². The van der Waals surface area contributed by atoms with Crippen LogP contribution in [0, 0.1) is 24.2 Å². The van der Waals surface area contributed by atoms with Crippen LogP contribution in [0.25, 0.3) is 11.6 Å². The number of pyridine rings is 1. The number of hydrogen-bond acceptors (Lipinski definition) is 4. The molecule has 0 bridgehead atoms. The second kappa shape index (κ2) is 12.2. The Bertz CT molecular complexity index is 1660. The first-order valence-electron chi connectivity index (χ1n) is 14.5. The van der Waals surface area contributed by atoms with E-state index in [4.69, 9.17) is 21.8 Å². The van der Waals surface area contributed by atoms with Crippen LogP contribution in [0.2, 0.25) is 5.02 Å². The number of nitriles is 1. The highest BCUT2D eigenvalue weighted by atomic mass is 35.5. The third-order valence-corrected chi connectivity index (χ3v) is 8.62. The highest BCUT2D eigenvalue weighted by molar-refractivity contribution is 6.30. The van der Waals surface area contributed by atoms with Crippen molar-refractivity contribution in [1.82, 2.24) is 19.4 Å². The molecule has 2 aromatic carbocycles. The summed E-state index contributed by atoms with van der Waals surface area (Å²) in [5.74, 6) is 0.446. The van der Waals surface area contributed by atoms with Gasteiger partial charge in [-0.1, -0.05) is 29.8 Å². The molecule has 1 saturated heterocycles. The fourth-order valence-corrected chi connectivity index (χ4v) is 6.48. The lowest BCUT2D eigenvalue weighted by Gasteiger charge is -2.36. The van der Waals surface area contributed by atoms with E-state index in [-0.39, 0.29) is 11.9 Å². The van der Waals surface area contributed by atoms with Gasteiger partial charge in [0.1, 0.15) is 0 Å². The molecule has 1 atom stereocenters. The lowest BCUT2D eigenvalue weighted by atomic mass is 9.76. The molecule has 4 aromatic rings. The molecular formula is C34H33ClN6O. The Morgan fingerprint density at radius 2 is 1.93 bits per heavy atom. The van der Waals surface area contributed by atoms with Gasteiger partial charge in [-0.05, 0) is 103 Å². The number of carbonyl (C=O) groups is 1. The lowest BCUT2D eigenvalue weighted by molar-refractivity contribution is 0.177. The summed E-state index contributed by atoms with van der Waals surface area (Å²) >= 11 is 6.52. The number of carbonyl (C=O) groups excluding carboxylic acids is 1. The van der Waals surface area contributed by atoms with Crippen molar-refractivity contribution in [3.8, 4) is 6.07 Å². The minimum absolute atomic E-state index is 0.109. The van der Waals surface area contributed by atoms with Crippen LogP contribution in [-0.2, 0) is 6.54 Å². The van der Waals surface area contributed by atoms with Gasteiger partial charge in [-0.3, -0.25) is 4.98 Å². The summed E-state index contributed by atoms with van der Waals surface area (Å²) in [5, 5.41) is 12.7. The largest absolute Gasteiger partial charge is 0.337 e.